The molecule has 1 aromatic carbocycles. The summed E-state index contributed by atoms with van der Waals surface area (Å²) in [7, 11) is -3.69. The van der Waals surface area contributed by atoms with Crippen LogP contribution in [0.25, 0.3) is 0 Å². The Hall–Kier alpha value is -2.73. The van der Waals surface area contributed by atoms with E-state index in [1.807, 2.05) is 19.1 Å². The number of sulfone groups is 1. The number of hydrogen-bond donors (Lipinski definition) is 0. The predicted molar refractivity (Wildman–Crippen MR) is 96.3 cm³/mol. The Kier molecular flexibility index (Phi) is 4.55. The molecule has 0 fully saturated rings. The van der Waals surface area contributed by atoms with E-state index in [1.165, 1.54) is 18.2 Å². The average Bonchev–Trinajstić information content (AvgIpc) is 2.88. The molecule has 0 aromatic heterocycles. The highest BCUT2D eigenvalue weighted by Gasteiger charge is 2.28. The zero-order chi connectivity index (χ0) is 18.0. The molecule has 2 bridgehead atoms. The molecule has 25 heavy (non-hydrogen) atoms. The van der Waals surface area contributed by atoms with E-state index in [-0.39, 0.29) is 16.2 Å². The summed E-state index contributed by atoms with van der Waals surface area (Å²) >= 11 is 0. The van der Waals surface area contributed by atoms with E-state index in [0.717, 1.165) is 11.1 Å². The van der Waals surface area contributed by atoms with Crippen molar-refractivity contribution in [1.29, 1.82) is 0 Å². The highest BCUT2D eigenvalue weighted by atomic mass is 32.2. The van der Waals surface area contributed by atoms with E-state index in [0.29, 0.717) is 12.0 Å². The summed E-state index contributed by atoms with van der Waals surface area (Å²) in [6.45, 7) is 1.87. The van der Waals surface area contributed by atoms with Crippen LogP contribution in [0.3, 0.4) is 0 Å². The topological polar surface area (TPSA) is 77.3 Å². The van der Waals surface area contributed by atoms with Crippen molar-refractivity contribution in [3.05, 3.63) is 98.8 Å². The normalized spacial score (nSPS) is 16.8. The molecule has 0 aliphatic heterocycles. The van der Waals surface area contributed by atoms with Gasteiger partial charge in [0.1, 0.15) is 0 Å². The summed E-state index contributed by atoms with van der Waals surface area (Å²) in [5.41, 5.74) is 2.60. The largest absolute Gasteiger partial charge is 0.273 e. The minimum absolute atomic E-state index is 0.166. The standard InChI is InChI=1S/C19H17NO4S/c1-14-6-9-17(10-7-14)25(23,24)13-18-16-5-3-2-4-15(12-16)8-11-19(18)20(21)22/h2-11H,12-13H2,1H3. The van der Waals surface area contributed by atoms with E-state index in [2.05, 4.69) is 0 Å². The fourth-order valence-corrected chi connectivity index (χ4v) is 4.25. The van der Waals surface area contributed by atoms with Crippen LogP contribution < -0.4 is 0 Å². The molecular formula is C19H17NO4S. The fraction of sp³-hybridized carbons (Fsp3) is 0.158. The Morgan fingerprint density at radius 3 is 2.44 bits per heavy atom. The van der Waals surface area contributed by atoms with Crippen molar-refractivity contribution in [2.75, 3.05) is 5.75 Å². The van der Waals surface area contributed by atoms with Gasteiger partial charge in [-0.2, -0.15) is 0 Å². The molecule has 0 atom stereocenters. The highest BCUT2D eigenvalue weighted by molar-refractivity contribution is 7.91. The number of hydrogen-bond acceptors (Lipinski definition) is 4. The monoisotopic (exact) mass is 355 g/mol. The van der Waals surface area contributed by atoms with E-state index in [9.17, 15) is 18.5 Å². The fourth-order valence-electron chi connectivity index (χ4n) is 2.82. The van der Waals surface area contributed by atoms with E-state index < -0.39 is 20.5 Å². The number of fused-ring (bicyclic) bond motifs is 2. The smallest absolute Gasteiger partial charge is 0.258 e. The molecule has 0 spiro atoms. The quantitative estimate of drug-likeness (QED) is 0.610. The Labute approximate surface area is 146 Å². The van der Waals surface area contributed by atoms with Crippen LogP contribution in [0.15, 0.2) is 88.0 Å². The zero-order valence-electron chi connectivity index (χ0n) is 13.7. The van der Waals surface area contributed by atoms with E-state index in [4.69, 9.17) is 0 Å². The van der Waals surface area contributed by atoms with Crippen LogP contribution in [-0.2, 0) is 9.84 Å². The SMILES string of the molecule is Cc1ccc(S(=O)(=O)CC2=C([N+](=O)[O-])C=CC3=CC=CC=C2C3)cc1. The van der Waals surface area contributed by atoms with Gasteiger partial charge in [0, 0.05) is 11.6 Å². The van der Waals surface area contributed by atoms with Crippen molar-refractivity contribution in [1.82, 2.24) is 0 Å². The van der Waals surface area contributed by atoms with Crippen LogP contribution in [-0.4, -0.2) is 19.1 Å². The summed E-state index contributed by atoms with van der Waals surface area (Å²) in [5, 5.41) is 11.5. The molecule has 2 aliphatic rings. The van der Waals surface area contributed by atoms with Gasteiger partial charge in [0.15, 0.2) is 9.84 Å². The van der Waals surface area contributed by atoms with Gasteiger partial charge in [-0.05, 0) is 36.6 Å². The number of nitrogens with zero attached hydrogens (tertiary/aromatic N) is 1. The minimum Gasteiger partial charge on any atom is -0.258 e. The Bertz CT molecular complexity index is 975. The van der Waals surface area contributed by atoms with Crippen molar-refractivity contribution in [2.24, 2.45) is 0 Å². The lowest BCUT2D eigenvalue weighted by atomic mass is 10.0. The molecule has 6 heteroatoms. The molecule has 0 saturated heterocycles. The van der Waals surface area contributed by atoms with Gasteiger partial charge >= 0.3 is 0 Å². The minimum atomic E-state index is -3.69. The molecule has 5 nitrogen and oxygen atoms in total. The first-order valence-corrected chi connectivity index (χ1v) is 9.44. The molecule has 0 saturated carbocycles. The number of nitro groups is 1. The Balaban J connectivity index is 2.08. The molecule has 128 valence electrons. The van der Waals surface area contributed by atoms with Crippen LogP contribution >= 0.6 is 0 Å². The van der Waals surface area contributed by atoms with Gasteiger partial charge < -0.3 is 0 Å². The molecule has 0 N–H and O–H groups in total. The van der Waals surface area contributed by atoms with Crippen molar-refractivity contribution in [3.8, 4) is 0 Å². The van der Waals surface area contributed by atoms with Crippen LogP contribution in [0.1, 0.15) is 12.0 Å². The Morgan fingerprint density at radius 2 is 1.76 bits per heavy atom. The summed E-state index contributed by atoms with van der Waals surface area (Å²) in [6, 6.07) is 6.51. The highest BCUT2D eigenvalue weighted by Crippen LogP contribution is 2.31. The second-order valence-electron chi connectivity index (χ2n) is 6.02. The van der Waals surface area contributed by atoms with Crippen LogP contribution in [0.2, 0.25) is 0 Å². The van der Waals surface area contributed by atoms with Gasteiger partial charge in [-0.1, -0.05) is 48.1 Å². The first kappa shape index (κ1) is 17.1. The van der Waals surface area contributed by atoms with Gasteiger partial charge in [-0.3, -0.25) is 10.1 Å². The number of benzene rings is 1. The van der Waals surface area contributed by atoms with E-state index >= 15 is 0 Å². The number of aryl methyl sites for hydroxylation is 1. The zero-order valence-corrected chi connectivity index (χ0v) is 14.5. The van der Waals surface area contributed by atoms with E-state index in [1.54, 1.807) is 30.4 Å². The van der Waals surface area contributed by atoms with Gasteiger partial charge in [-0.25, -0.2) is 8.42 Å². The summed E-state index contributed by atoms with van der Waals surface area (Å²) in [4.78, 5) is 11.1. The summed E-state index contributed by atoms with van der Waals surface area (Å²) in [5.74, 6) is -0.399. The number of rotatable bonds is 4. The molecule has 2 aliphatic carbocycles. The van der Waals surface area contributed by atoms with Crippen LogP contribution in [0.4, 0.5) is 0 Å². The first-order chi connectivity index (χ1) is 11.9. The third kappa shape index (κ3) is 3.69. The second-order valence-corrected chi connectivity index (χ2v) is 8.01. The second kappa shape index (κ2) is 6.64. The van der Waals surface area contributed by atoms with Crippen LogP contribution in [0, 0.1) is 17.0 Å². The maximum absolute atomic E-state index is 12.8. The van der Waals surface area contributed by atoms with Crippen molar-refractivity contribution < 1.29 is 13.3 Å². The maximum Gasteiger partial charge on any atom is 0.273 e. The first-order valence-electron chi connectivity index (χ1n) is 7.78. The maximum atomic E-state index is 12.8. The lowest BCUT2D eigenvalue weighted by Gasteiger charge is -2.11. The van der Waals surface area contributed by atoms with Gasteiger partial charge in [0.05, 0.1) is 15.6 Å². The third-order valence-electron chi connectivity index (χ3n) is 4.18. The van der Waals surface area contributed by atoms with Crippen molar-refractivity contribution in [3.63, 3.8) is 0 Å². The molecule has 0 radical (unpaired) electrons. The molecular weight excluding hydrogens is 338 g/mol. The third-order valence-corrected chi connectivity index (χ3v) is 5.84. The lowest BCUT2D eigenvalue weighted by molar-refractivity contribution is -0.419. The number of allylic oxidation sites excluding steroid dienone is 8. The Morgan fingerprint density at radius 1 is 1.08 bits per heavy atom. The predicted octanol–water partition coefficient (Wildman–Crippen LogP) is 3.68. The molecule has 0 unspecified atom stereocenters. The van der Waals surface area contributed by atoms with Gasteiger partial charge in [-0.15, -0.1) is 0 Å². The van der Waals surface area contributed by atoms with Gasteiger partial charge in [0.25, 0.3) is 5.70 Å². The average molecular weight is 355 g/mol. The summed E-state index contributed by atoms with van der Waals surface area (Å²) in [6.07, 6.45) is 10.8. The molecule has 0 amide bonds. The molecule has 3 rings (SSSR count). The van der Waals surface area contributed by atoms with Gasteiger partial charge in [0.2, 0.25) is 0 Å². The van der Waals surface area contributed by atoms with Crippen molar-refractivity contribution >= 4 is 9.84 Å². The van der Waals surface area contributed by atoms with Crippen LogP contribution in [0.5, 0.6) is 0 Å². The summed E-state index contributed by atoms with van der Waals surface area (Å²) < 4.78 is 25.6. The van der Waals surface area contributed by atoms with Crippen molar-refractivity contribution in [2.45, 2.75) is 18.2 Å². The lowest BCUT2D eigenvalue weighted by Crippen LogP contribution is -2.14. The molecule has 0 heterocycles. The molecule has 1 aromatic rings.